The molecule has 0 aromatic heterocycles. The van der Waals surface area contributed by atoms with E-state index in [4.69, 9.17) is 4.74 Å². The average molecular weight is 358 g/mol. The highest BCUT2D eigenvalue weighted by Gasteiger charge is 2.31. The first kappa shape index (κ1) is 18.9. The molecule has 2 fully saturated rings. The van der Waals surface area contributed by atoms with E-state index in [1.165, 1.54) is 12.8 Å². The number of hydrogen-bond acceptors (Lipinski definition) is 4. The van der Waals surface area contributed by atoms with Crippen LogP contribution in [-0.2, 0) is 4.79 Å². The zero-order valence-electron chi connectivity index (χ0n) is 15.9. The van der Waals surface area contributed by atoms with E-state index in [9.17, 15) is 9.59 Å². The van der Waals surface area contributed by atoms with Crippen LogP contribution in [0.1, 0.15) is 55.8 Å². The van der Waals surface area contributed by atoms with Crippen molar-refractivity contribution in [1.29, 1.82) is 0 Å². The molecule has 1 aliphatic carbocycles. The van der Waals surface area contributed by atoms with Gasteiger partial charge in [0.2, 0.25) is 5.91 Å². The molecule has 1 saturated carbocycles. The van der Waals surface area contributed by atoms with E-state index >= 15 is 0 Å². The quantitative estimate of drug-likeness (QED) is 0.794. The Morgan fingerprint density at radius 1 is 1.08 bits per heavy atom. The zero-order valence-corrected chi connectivity index (χ0v) is 15.9. The van der Waals surface area contributed by atoms with Crippen LogP contribution in [0.3, 0.4) is 0 Å². The molecule has 1 N–H and O–H groups in total. The summed E-state index contributed by atoms with van der Waals surface area (Å²) >= 11 is 0. The van der Waals surface area contributed by atoms with Crippen LogP contribution >= 0.6 is 0 Å². The van der Waals surface area contributed by atoms with Crippen molar-refractivity contribution in [3.8, 4) is 5.75 Å². The van der Waals surface area contributed by atoms with Crippen molar-refractivity contribution in [1.82, 2.24) is 10.2 Å². The van der Waals surface area contributed by atoms with Gasteiger partial charge in [-0.25, -0.2) is 0 Å². The molecule has 0 bridgehead atoms. The minimum atomic E-state index is -0.118. The lowest BCUT2D eigenvalue weighted by atomic mass is 9.88. The van der Waals surface area contributed by atoms with Crippen LogP contribution < -0.4 is 10.1 Å². The van der Waals surface area contributed by atoms with Crippen LogP contribution in [0.25, 0.3) is 0 Å². The van der Waals surface area contributed by atoms with Crippen molar-refractivity contribution in [2.45, 2.75) is 57.5 Å². The molecule has 0 spiro atoms. The summed E-state index contributed by atoms with van der Waals surface area (Å²) in [6.07, 6.45) is 6.28. The average Bonchev–Trinajstić information content (AvgIpc) is 3.20. The number of carbonyl (C=O) groups excluding carboxylic acids is 2. The highest BCUT2D eigenvalue weighted by atomic mass is 16.5. The number of hydrogen-bond donors (Lipinski definition) is 1. The van der Waals surface area contributed by atoms with Gasteiger partial charge in [0.15, 0.2) is 5.78 Å². The van der Waals surface area contributed by atoms with Crippen molar-refractivity contribution in [3.05, 3.63) is 29.8 Å². The largest absolute Gasteiger partial charge is 0.497 e. The van der Waals surface area contributed by atoms with Gasteiger partial charge >= 0.3 is 0 Å². The van der Waals surface area contributed by atoms with Gasteiger partial charge in [-0.15, -0.1) is 0 Å². The van der Waals surface area contributed by atoms with E-state index in [1.807, 2.05) is 31.2 Å². The molecule has 1 aliphatic heterocycles. The number of benzene rings is 1. The van der Waals surface area contributed by atoms with Crippen LogP contribution in [0.5, 0.6) is 5.75 Å². The van der Waals surface area contributed by atoms with Gasteiger partial charge in [-0.3, -0.25) is 14.5 Å². The van der Waals surface area contributed by atoms with Crippen LogP contribution in [-0.4, -0.2) is 48.9 Å². The van der Waals surface area contributed by atoms with Crippen molar-refractivity contribution in [3.63, 3.8) is 0 Å². The lowest BCUT2D eigenvalue weighted by Crippen LogP contribution is -2.50. The Morgan fingerprint density at radius 2 is 1.69 bits per heavy atom. The second-order valence-electron chi connectivity index (χ2n) is 7.57. The van der Waals surface area contributed by atoms with Gasteiger partial charge in [0.1, 0.15) is 5.75 Å². The number of carbonyl (C=O) groups is 2. The maximum atomic E-state index is 12.7. The Balaban J connectivity index is 1.49. The summed E-state index contributed by atoms with van der Waals surface area (Å²) < 4.78 is 5.15. The molecular weight excluding hydrogens is 328 g/mol. The number of nitrogens with zero attached hydrogens (tertiary/aromatic N) is 1. The fourth-order valence-corrected chi connectivity index (χ4v) is 4.10. The molecule has 1 heterocycles. The molecule has 142 valence electrons. The second kappa shape index (κ2) is 8.67. The summed E-state index contributed by atoms with van der Waals surface area (Å²) in [6, 6.07) is 7.58. The number of nitrogens with one attached hydrogen (secondary N) is 1. The van der Waals surface area contributed by atoms with Crippen molar-refractivity contribution in [2.75, 3.05) is 20.2 Å². The standard InChI is InChI=1S/C21H30N2O3/c1-15(21(25)22-18-5-3-4-6-18)23-13-11-17(12-14-23)20(24)16-7-9-19(26-2)10-8-16/h7-10,15,17-18H,3-6,11-14H2,1-2H3,(H,22,25)/t15-/m0/s1. The molecular formula is C21H30N2O3. The van der Waals surface area contributed by atoms with E-state index in [2.05, 4.69) is 10.2 Å². The maximum absolute atomic E-state index is 12.7. The predicted molar refractivity (Wildman–Crippen MR) is 101 cm³/mol. The Morgan fingerprint density at radius 3 is 2.27 bits per heavy atom. The van der Waals surface area contributed by atoms with E-state index < -0.39 is 0 Å². The van der Waals surface area contributed by atoms with Gasteiger partial charge in [-0.2, -0.15) is 0 Å². The molecule has 1 aromatic carbocycles. The molecule has 3 rings (SSSR count). The normalized spacial score (nSPS) is 20.7. The number of Topliss-reactive ketones (excluding diaryl/α,β-unsaturated/α-hetero) is 1. The minimum Gasteiger partial charge on any atom is -0.497 e. The monoisotopic (exact) mass is 358 g/mol. The molecule has 5 nitrogen and oxygen atoms in total. The Labute approximate surface area is 156 Å². The van der Waals surface area contributed by atoms with Gasteiger partial charge < -0.3 is 10.1 Å². The van der Waals surface area contributed by atoms with Crippen LogP contribution in [0.2, 0.25) is 0 Å². The number of methoxy groups -OCH3 is 1. The molecule has 26 heavy (non-hydrogen) atoms. The van der Waals surface area contributed by atoms with E-state index in [0.29, 0.717) is 6.04 Å². The number of likely N-dealkylation sites (tertiary alicyclic amines) is 1. The molecule has 5 heteroatoms. The third-order valence-corrected chi connectivity index (χ3v) is 5.90. The highest BCUT2D eigenvalue weighted by Crippen LogP contribution is 2.24. The van der Waals surface area contributed by atoms with Crippen LogP contribution in [0, 0.1) is 5.92 Å². The molecule has 0 radical (unpaired) electrons. The number of amides is 1. The van der Waals surface area contributed by atoms with E-state index in [1.54, 1.807) is 7.11 Å². The summed E-state index contributed by atoms with van der Waals surface area (Å²) in [4.78, 5) is 27.4. The van der Waals surface area contributed by atoms with Gasteiger partial charge in [-0.05, 0) is 70.0 Å². The maximum Gasteiger partial charge on any atom is 0.237 e. The predicted octanol–water partition coefficient (Wildman–Crippen LogP) is 3.04. The van der Waals surface area contributed by atoms with Gasteiger partial charge in [0.25, 0.3) is 0 Å². The number of piperidine rings is 1. The molecule has 1 amide bonds. The molecule has 1 saturated heterocycles. The Bertz CT molecular complexity index is 615. The van der Waals surface area contributed by atoms with Gasteiger partial charge in [-0.1, -0.05) is 12.8 Å². The van der Waals surface area contributed by atoms with E-state index in [-0.39, 0.29) is 23.7 Å². The summed E-state index contributed by atoms with van der Waals surface area (Å²) in [5.74, 6) is 1.15. The molecule has 0 unspecified atom stereocenters. The zero-order chi connectivity index (χ0) is 18.5. The minimum absolute atomic E-state index is 0.0461. The second-order valence-corrected chi connectivity index (χ2v) is 7.57. The van der Waals surface area contributed by atoms with Crippen molar-refractivity contribution >= 4 is 11.7 Å². The fraction of sp³-hybridized carbons (Fsp3) is 0.619. The third kappa shape index (κ3) is 4.44. The van der Waals surface area contributed by atoms with Crippen molar-refractivity contribution in [2.24, 2.45) is 5.92 Å². The smallest absolute Gasteiger partial charge is 0.237 e. The fourth-order valence-electron chi connectivity index (χ4n) is 4.10. The van der Waals surface area contributed by atoms with Crippen molar-refractivity contribution < 1.29 is 14.3 Å². The Kier molecular flexibility index (Phi) is 6.30. The Hall–Kier alpha value is -1.88. The van der Waals surface area contributed by atoms with Crippen LogP contribution in [0.4, 0.5) is 0 Å². The lowest BCUT2D eigenvalue weighted by Gasteiger charge is -2.35. The summed E-state index contributed by atoms with van der Waals surface area (Å²) in [7, 11) is 1.62. The first-order valence-electron chi connectivity index (χ1n) is 9.81. The van der Waals surface area contributed by atoms with Gasteiger partial charge in [0.05, 0.1) is 13.2 Å². The molecule has 1 atom stereocenters. The summed E-state index contributed by atoms with van der Waals surface area (Å²) in [6.45, 7) is 3.58. The van der Waals surface area contributed by atoms with Crippen LogP contribution in [0.15, 0.2) is 24.3 Å². The number of ketones is 1. The molecule has 1 aromatic rings. The summed E-state index contributed by atoms with van der Waals surface area (Å²) in [5, 5.41) is 3.19. The first-order valence-corrected chi connectivity index (χ1v) is 9.81. The summed E-state index contributed by atoms with van der Waals surface area (Å²) in [5.41, 5.74) is 0.747. The van der Waals surface area contributed by atoms with Gasteiger partial charge in [0, 0.05) is 17.5 Å². The first-order chi connectivity index (χ1) is 12.6. The lowest BCUT2D eigenvalue weighted by molar-refractivity contribution is -0.127. The van der Waals surface area contributed by atoms with E-state index in [0.717, 1.165) is 50.1 Å². The SMILES string of the molecule is COc1ccc(C(=O)C2CCN([C@@H](C)C(=O)NC3CCCC3)CC2)cc1. The topological polar surface area (TPSA) is 58.6 Å². The molecule has 2 aliphatic rings. The number of rotatable bonds is 6. The number of ether oxygens (including phenoxy) is 1. The third-order valence-electron chi connectivity index (χ3n) is 5.90. The highest BCUT2D eigenvalue weighted by molar-refractivity contribution is 5.98.